The summed E-state index contributed by atoms with van der Waals surface area (Å²) in [7, 11) is 0. The molecule has 0 atom stereocenters. The Morgan fingerprint density at radius 3 is 2.48 bits per heavy atom. The van der Waals surface area contributed by atoms with Crippen molar-refractivity contribution in [3.05, 3.63) is 11.8 Å². The van der Waals surface area contributed by atoms with E-state index in [1.54, 1.807) is 4.90 Å². The van der Waals surface area contributed by atoms with Crippen LogP contribution in [0.1, 0.15) is 71.1 Å². The van der Waals surface area contributed by atoms with Crippen molar-refractivity contribution in [1.82, 2.24) is 15.1 Å². The van der Waals surface area contributed by atoms with Gasteiger partial charge < -0.3 is 10.2 Å². The van der Waals surface area contributed by atoms with Crippen LogP contribution in [0.25, 0.3) is 0 Å². The van der Waals surface area contributed by atoms with Crippen LogP contribution < -0.4 is 5.32 Å². The predicted molar refractivity (Wildman–Crippen MR) is 94.6 cm³/mol. The number of allylic oxidation sites excluding steroid dienone is 2. The van der Waals surface area contributed by atoms with E-state index in [-0.39, 0.29) is 18.4 Å². The summed E-state index contributed by atoms with van der Waals surface area (Å²) in [5.41, 5.74) is 0.268. The van der Waals surface area contributed by atoms with Gasteiger partial charge in [0.25, 0.3) is 5.91 Å². The Morgan fingerprint density at radius 2 is 1.88 bits per heavy atom. The second-order valence-electron chi connectivity index (χ2n) is 7.40. The second kappa shape index (κ2) is 7.58. The fourth-order valence-corrected chi connectivity index (χ4v) is 4.32. The molecule has 6 heteroatoms. The van der Waals surface area contributed by atoms with Gasteiger partial charge in [0.1, 0.15) is 12.1 Å². The second-order valence-corrected chi connectivity index (χ2v) is 7.40. The molecule has 0 radical (unpaired) electrons. The van der Waals surface area contributed by atoms with Crippen molar-refractivity contribution in [2.24, 2.45) is 0 Å². The minimum Gasteiger partial charge on any atom is -0.323 e. The van der Waals surface area contributed by atoms with Gasteiger partial charge in [-0.2, -0.15) is 0 Å². The fraction of sp³-hybridized carbons (Fsp3) is 0.737. The number of hydrogen-bond acceptors (Lipinski definition) is 3. The molecular weight excluding hydrogens is 318 g/mol. The molecule has 0 aromatic rings. The molecule has 4 amide bonds. The van der Waals surface area contributed by atoms with E-state index < -0.39 is 11.6 Å². The van der Waals surface area contributed by atoms with Gasteiger partial charge in [0.05, 0.1) is 0 Å². The number of likely N-dealkylation sites (N-methyl/N-ethyl adjacent to an activating group) is 1. The van der Waals surface area contributed by atoms with Crippen molar-refractivity contribution in [2.75, 3.05) is 13.1 Å². The third kappa shape index (κ3) is 3.58. The van der Waals surface area contributed by atoms with E-state index >= 15 is 0 Å². The van der Waals surface area contributed by atoms with Crippen LogP contribution in [0.4, 0.5) is 4.79 Å². The van der Waals surface area contributed by atoms with Gasteiger partial charge in [-0.3, -0.25) is 14.5 Å². The first-order chi connectivity index (χ1) is 12.1. The lowest BCUT2D eigenvalue weighted by molar-refractivity contribution is -0.138. The van der Waals surface area contributed by atoms with Crippen LogP contribution in [0.15, 0.2) is 11.8 Å². The maximum Gasteiger partial charge on any atom is 0.325 e. The average molecular weight is 347 g/mol. The number of carbonyl (C=O) groups is 3. The van der Waals surface area contributed by atoms with E-state index in [0.29, 0.717) is 19.4 Å². The average Bonchev–Trinajstić information content (AvgIpc) is 2.78. The highest BCUT2D eigenvalue weighted by Crippen LogP contribution is 2.32. The van der Waals surface area contributed by atoms with Crippen LogP contribution in [-0.4, -0.2) is 46.3 Å². The summed E-state index contributed by atoms with van der Waals surface area (Å²) in [5, 5.41) is 2.90. The third-order valence-corrected chi connectivity index (χ3v) is 5.73. The van der Waals surface area contributed by atoms with Crippen LogP contribution in [0.2, 0.25) is 0 Å². The van der Waals surface area contributed by atoms with Crippen LogP contribution in [-0.2, 0) is 9.59 Å². The van der Waals surface area contributed by atoms with Crippen LogP contribution in [0.3, 0.4) is 0 Å². The van der Waals surface area contributed by atoms with Crippen molar-refractivity contribution in [3.8, 4) is 0 Å². The summed E-state index contributed by atoms with van der Waals surface area (Å²) < 4.78 is 0. The van der Waals surface area contributed by atoms with Gasteiger partial charge in [0.2, 0.25) is 5.91 Å². The molecule has 0 aromatic heterocycles. The van der Waals surface area contributed by atoms with Crippen LogP contribution >= 0.6 is 0 Å². The van der Waals surface area contributed by atoms with Gasteiger partial charge in [0, 0.05) is 12.2 Å². The highest BCUT2D eigenvalue weighted by atomic mass is 16.2. The first kappa shape index (κ1) is 18.0. The summed E-state index contributed by atoms with van der Waals surface area (Å²) in [6.45, 7) is 2.35. The minimum absolute atomic E-state index is 0.155. The standard InChI is InChI=1S/C19H29N3O3/c1-2-21(15-10-6-5-7-11-15)16(23)14-22-17(24)19(20-18(22)25)12-8-3-4-9-13-19/h10H,2-9,11-14H2,1H3,(H,20,25). The fourth-order valence-electron chi connectivity index (χ4n) is 4.32. The van der Waals surface area contributed by atoms with Crippen molar-refractivity contribution < 1.29 is 14.4 Å². The molecule has 3 rings (SSSR count). The van der Waals surface area contributed by atoms with Gasteiger partial charge in [-0.15, -0.1) is 0 Å². The Kier molecular flexibility index (Phi) is 5.45. The van der Waals surface area contributed by atoms with Crippen molar-refractivity contribution in [3.63, 3.8) is 0 Å². The molecule has 6 nitrogen and oxygen atoms in total. The van der Waals surface area contributed by atoms with Gasteiger partial charge in [-0.1, -0.05) is 31.8 Å². The van der Waals surface area contributed by atoms with Gasteiger partial charge in [-0.05, 0) is 45.4 Å². The van der Waals surface area contributed by atoms with E-state index in [9.17, 15) is 14.4 Å². The molecule has 3 aliphatic rings. The Morgan fingerprint density at radius 1 is 1.16 bits per heavy atom. The van der Waals surface area contributed by atoms with Gasteiger partial charge in [0.15, 0.2) is 0 Å². The van der Waals surface area contributed by atoms with E-state index in [0.717, 1.165) is 62.0 Å². The van der Waals surface area contributed by atoms with Gasteiger partial charge in [-0.25, -0.2) is 4.79 Å². The van der Waals surface area contributed by atoms with Crippen molar-refractivity contribution in [1.29, 1.82) is 0 Å². The first-order valence-electron chi connectivity index (χ1n) is 9.71. The molecule has 1 heterocycles. The predicted octanol–water partition coefficient (Wildman–Crippen LogP) is 2.94. The SMILES string of the molecule is CCN(C(=O)CN1C(=O)NC2(CCCCCC2)C1=O)C1=CCCCC1. The van der Waals surface area contributed by atoms with E-state index in [4.69, 9.17) is 0 Å². The zero-order valence-corrected chi connectivity index (χ0v) is 15.2. The van der Waals surface area contributed by atoms with E-state index in [2.05, 4.69) is 11.4 Å². The largest absolute Gasteiger partial charge is 0.325 e. The maximum atomic E-state index is 12.9. The number of hydrogen-bond donors (Lipinski definition) is 1. The Labute approximate surface area is 149 Å². The van der Waals surface area contributed by atoms with E-state index in [1.165, 1.54) is 0 Å². The maximum absolute atomic E-state index is 12.9. The van der Waals surface area contributed by atoms with Crippen molar-refractivity contribution in [2.45, 2.75) is 76.7 Å². The molecule has 2 aliphatic carbocycles. The summed E-state index contributed by atoms with van der Waals surface area (Å²) in [6, 6.07) is -0.408. The number of imide groups is 1. The third-order valence-electron chi connectivity index (χ3n) is 5.73. The summed E-state index contributed by atoms with van der Waals surface area (Å²) >= 11 is 0. The number of nitrogens with one attached hydrogen (secondary N) is 1. The lowest BCUT2D eigenvalue weighted by atomic mass is 9.90. The van der Waals surface area contributed by atoms with Crippen LogP contribution in [0.5, 0.6) is 0 Å². The quantitative estimate of drug-likeness (QED) is 0.795. The first-order valence-corrected chi connectivity index (χ1v) is 9.71. The topological polar surface area (TPSA) is 69.7 Å². The molecule has 0 aromatic carbocycles. The molecule has 1 spiro atoms. The zero-order valence-electron chi connectivity index (χ0n) is 15.2. The molecule has 25 heavy (non-hydrogen) atoms. The Hall–Kier alpha value is -1.85. The summed E-state index contributed by atoms with van der Waals surface area (Å²) in [4.78, 5) is 41.0. The number of rotatable bonds is 4. The van der Waals surface area contributed by atoms with E-state index in [1.807, 2.05) is 6.92 Å². The lowest BCUT2D eigenvalue weighted by Crippen LogP contribution is -2.47. The Balaban J connectivity index is 1.71. The molecule has 1 saturated carbocycles. The monoisotopic (exact) mass is 347 g/mol. The summed E-state index contributed by atoms with van der Waals surface area (Å²) in [6.07, 6.45) is 11.7. The molecule has 0 bridgehead atoms. The molecule has 2 fully saturated rings. The highest BCUT2D eigenvalue weighted by molar-refractivity contribution is 6.09. The molecule has 1 saturated heterocycles. The Bertz CT molecular complexity index is 576. The van der Waals surface area contributed by atoms with Gasteiger partial charge >= 0.3 is 6.03 Å². The normalized spacial score (nSPS) is 23.2. The molecule has 1 N–H and O–H groups in total. The molecular formula is C19H29N3O3. The minimum atomic E-state index is -0.769. The zero-order chi connectivity index (χ0) is 17.9. The number of amides is 4. The molecule has 0 unspecified atom stereocenters. The number of carbonyl (C=O) groups excluding carboxylic acids is 3. The smallest absolute Gasteiger partial charge is 0.323 e. The molecule has 1 aliphatic heterocycles. The highest BCUT2D eigenvalue weighted by Gasteiger charge is 2.51. The number of nitrogens with zero attached hydrogens (tertiary/aromatic N) is 2. The molecule has 138 valence electrons. The van der Waals surface area contributed by atoms with Crippen molar-refractivity contribution >= 4 is 17.8 Å². The number of urea groups is 1. The van der Waals surface area contributed by atoms with Crippen LogP contribution in [0, 0.1) is 0 Å². The summed E-state index contributed by atoms with van der Waals surface area (Å²) in [5.74, 6) is -0.369. The lowest BCUT2D eigenvalue weighted by Gasteiger charge is -2.28.